The van der Waals surface area contributed by atoms with E-state index in [-0.39, 0.29) is 0 Å². The van der Waals surface area contributed by atoms with Gasteiger partial charge in [0.15, 0.2) is 0 Å². The van der Waals surface area contributed by atoms with Gasteiger partial charge < -0.3 is 5.73 Å². The van der Waals surface area contributed by atoms with Crippen molar-refractivity contribution < 1.29 is 0 Å². The lowest BCUT2D eigenvalue weighted by atomic mass is 9.98. The van der Waals surface area contributed by atoms with E-state index in [9.17, 15) is 0 Å². The Labute approximate surface area is 97.8 Å². The largest absolute Gasteiger partial charge is 0.398 e. The molecule has 1 aromatic carbocycles. The highest BCUT2D eigenvalue weighted by Gasteiger charge is 2.16. The number of anilines is 1. The number of unbranched alkanes of at least 4 members (excludes halogenated alkanes) is 1. The van der Waals surface area contributed by atoms with Crippen LogP contribution in [0.2, 0.25) is 0 Å². The summed E-state index contributed by atoms with van der Waals surface area (Å²) < 4.78 is 0. The third-order valence-electron chi connectivity index (χ3n) is 3.27. The minimum absolute atomic E-state index is 0.950. The van der Waals surface area contributed by atoms with Crippen molar-refractivity contribution in [2.75, 3.05) is 18.8 Å². The first-order valence-corrected chi connectivity index (χ1v) is 6.00. The summed E-state index contributed by atoms with van der Waals surface area (Å²) in [4.78, 5) is 2.49. The number of rotatable bonds is 4. The molecule has 0 spiro atoms. The molecular formula is C14H20N2. The highest BCUT2D eigenvalue weighted by Crippen LogP contribution is 2.24. The van der Waals surface area contributed by atoms with Gasteiger partial charge in [-0.2, -0.15) is 0 Å². The second-order valence-corrected chi connectivity index (χ2v) is 4.44. The first-order chi connectivity index (χ1) is 7.81. The van der Waals surface area contributed by atoms with Crippen molar-refractivity contribution in [3.05, 3.63) is 42.0 Å². The Kier molecular flexibility index (Phi) is 3.62. The van der Waals surface area contributed by atoms with Crippen molar-refractivity contribution in [2.24, 2.45) is 0 Å². The van der Waals surface area contributed by atoms with Gasteiger partial charge in [0.2, 0.25) is 0 Å². The van der Waals surface area contributed by atoms with Crippen molar-refractivity contribution in [3.63, 3.8) is 0 Å². The predicted molar refractivity (Wildman–Crippen MR) is 69.3 cm³/mol. The summed E-state index contributed by atoms with van der Waals surface area (Å²) in [6, 6.07) is 6.26. The molecular weight excluding hydrogens is 196 g/mol. The zero-order valence-electron chi connectivity index (χ0n) is 9.78. The molecule has 0 bridgehead atoms. The standard InChI is InChI=1S/C14H20N2/c1-2-3-4-9-16-10-8-12-6-5-7-14(15)13(12)11-16/h2,5-7H,1,3-4,8-11,15H2. The fourth-order valence-electron chi connectivity index (χ4n) is 2.31. The third kappa shape index (κ3) is 2.45. The van der Waals surface area contributed by atoms with Crippen LogP contribution in [0.5, 0.6) is 0 Å². The van der Waals surface area contributed by atoms with E-state index in [4.69, 9.17) is 5.73 Å². The van der Waals surface area contributed by atoms with Crippen LogP contribution in [-0.2, 0) is 13.0 Å². The summed E-state index contributed by atoms with van der Waals surface area (Å²) in [5.74, 6) is 0. The molecule has 0 radical (unpaired) electrons. The van der Waals surface area contributed by atoms with Gasteiger partial charge in [0.1, 0.15) is 0 Å². The van der Waals surface area contributed by atoms with Gasteiger partial charge in [-0.1, -0.05) is 18.2 Å². The van der Waals surface area contributed by atoms with E-state index in [1.807, 2.05) is 12.1 Å². The normalized spacial score (nSPS) is 15.8. The van der Waals surface area contributed by atoms with E-state index in [0.717, 1.165) is 38.2 Å². The summed E-state index contributed by atoms with van der Waals surface area (Å²) >= 11 is 0. The molecule has 1 aliphatic heterocycles. The molecule has 0 fully saturated rings. The molecule has 0 saturated heterocycles. The van der Waals surface area contributed by atoms with Crippen LogP contribution < -0.4 is 5.73 Å². The second kappa shape index (κ2) is 5.17. The number of allylic oxidation sites excluding steroid dienone is 1. The minimum atomic E-state index is 0.950. The SMILES string of the molecule is C=CCCCN1CCc2cccc(N)c2C1. The lowest BCUT2D eigenvalue weighted by Gasteiger charge is -2.29. The Morgan fingerprint density at radius 1 is 1.44 bits per heavy atom. The number of hydrogen-bond donors (Lipinski definition) is 1. The number of nitrogens with two attached hydrogens (primary N) is 1. The minimum Gasteiger partial charge on any atom is -0.398 e. The lowest BCUT2D eigenvalue weighted by molar-refractivity contribution is 0.252. The van der Waals surface area contributed by atoms with Gasteiger partial charge in [0.05, 0.1) is 0 Å². The van der Waals surface area contributed by atoms with Crippen LogP contribution in [0.1, 0.15) is 24.0 Å². The van der Waals surface area contributed by atoms with Crippen molar-refractivity contribution in [3.8, 4) is 0 Å². The van der Waals surface area contributed by atoms with Crippen molar-refractivity contribution in [2.45, 2.75) is 25.8 Å². The first kappa shape index (κ1) is 11.2. The Balaban J connectivity index is 2.00. The maximum atomic E-state index is 6.02. The molecule has 0 aromatic heterocycles. The van der Waals surface area contributed by atoms with E-state index in [0.29, 0.717) is 0 Å². The molecule has 0 unspecified atom stereocenters. The number of nitrogens with zero attached hydrogens (tertiary/aromatic N) is 1. The average molecular weight is 216 g/mol. The Bertz CT molecular complexity index is 371. The zero-order valence-corrected chi connectivity index (χ0v) is 9.78. The maximum absolute atomic E-state index is 6.02. The van der Waals surface area contributed by atoms with Crippen LogP contribution in [0, 0.1) is 0 Å². The first-order valence-electron chi connectivity index (χ1n) is 6.00. The van der Waals surface area contributed by atoms with Crippen molar-refractivity contribution in [1.29, 1.82) is 0 Å². The molecule has 1 heterocycles. The Hall–Kier alpha value is -1.28. The summed E-state index contributed by atoms with van der Waals surface area (Å²) in [7, 11) is 0. The van der Waals surface area contributed by atoms with E-state index in [1.54, 1.807) is 0 Å². The van der Waals surface area contributed by atoms with Gasteiger partial charge in [0, 0.05) is 18.8 Å². The summed E-state index contributed by atoms with van der Waals surface area (Å²) in [5, 5.41) is 0. The highest BCUT2D eigenvalue weighted by atomic mass is 15.1. The zero-order chi connectivity index (χ0) is 11.4. The van der Waals surface area contributed by atoms with Gasteiger partial charge >= 0.3 is 0 Å². The van der Waals surface area contributed by atoms with Gasteiger partial charge in [-0.05, 0) is 43.0 Å². The molecule has 2 N–H and O–H groups in total. The Morgan fingerprint density at radius 2 is 2.31 bits per heavy atom. The average Bonchev–Trinajstić information content (AvgIpc) is 2.30. The highest BCUT2D eigenvalue weighted by molar-refractivity contribution is 5.51. The molecule has 2 heteroatoms. The van der Waals surface area contributed by atoms with Gasteiger partial charge in [-0.25, -0.2) is 0 Å². The number of hydrogen-bond acceptors (Lipinski definition) is 2. The molecule has 0 amide bonds. The molecule has 0 aliphatic carbocycles. The van der Waals surface area contributed by atoms with Crippen molar-refractivity contribution in [1.82, 2.24) is 4.90 Å². The van der Waals surface area contributed by atoms with Crippen LogP contribution in [0.25, 0.3) is 0 Å². The van der Waals surface area contributed by atoms with Crippen LogP contribution in [0.15, 0.2) is 30.9 Å². The van der Waals surface area contributed by atoms with Gasteiger partial charge in [-0.15, -0.1) is 6.58 Å². The number of fused-ring (bicyclic) bond motifs is 1. The van der Waals surface area contributed by atoms with Gasteiger partial charge in [0.25, 0.3) is 0 Å². The monoisotopic (exact) mass is 216 g/mol. The molecule has 1 aromatic rings. The van der Waals surface area contributed by atoms with Crippen LogP contribution in [0.3, 0.4) is 0 Å². The fourth-order valence-corrected chi connectivity index (χ4v) is 2.31. The predicted octanol–water partition coefficient (Wildman–Crippen LogP) is 2.59. The van der Waals surface area contributed by atoms with Crippen LogP contribution in [-0.4, -0.2) is 18.0 Å². The number of nitrogen functional groups attached to an aromatic ring is 1. The summed E-state index contributed by atoms with van der Waals surface area (Å²) in [6.45, 7) is 7.08. The maximum Gasteiger partial charge on any atom is 0.0362 e. The fraction of sp³-hybridized carbons (Fsp3) is 0.429. The van der Waals surface area contributed by atoms with Crippen LogP contribution >= 0.6 is 0 Å². The molecule has 2 rings (SSSR count). The second-order valence-electron chi connectivity index (χ2n) is 4.44. The summed E-state index contributed by atoms with van der Waals surface area (Å²) in [6.07, 6.45) is 5.43. The van der Waals surface area contributed by atoms with Crippen molar-refractivity contribution >= 4 is 5.69 Å². The smallest absolute Gasteiger partial charge is 0.0362 e. The molecule has 2 nitrogen and oxygen atoms in total. The quantitative estimate of drug-likeness (QED) is 0.476. The summed E-state index contributed by atoms with van der Waals surface area (Å²) in [5.41, 5.74) is 9.74. The number of benzene rings is 1. The molecule has 1 aliphatic rings. The topological polar surface area (TPSA) is 29.3 Å². The molecule has 0 atom stereocenters. The molecule has 86 valence electrons. The van der Waals surface area contributed by atoms with Crippen LogP contribution in [0.4, 0.5) is 5.69 Å². The third-order valence-corrected chi connectivity index (χ3v) is 3.27. The van der Waals surface area contributed by atoms with E-state index < -0.39 is 0 Å². The van der Waals surface area contributed by atoms with E-state index >= 15 is 0 Å². The molecule has 0 saturated carbocycles. The van der Waals surface area contributed by atoms with E-state index in [2.05, 4.69) is 23.6 Å². The molecule has 16 heavy (non-hydrogen) atoms. The Morgan fingerprint density at radius 3 is 3.12 bits per heavy atom. The van der Waals surface area contributed by atoms with E-state index in [1.165, 1.54) is 17.5 Å². The van der Waals surface area contributed by atoms with Gasteiger partial charge in [-0.3, -0.25) is 4.90 Å². The lowest BCUT2D eigenvalue weighted by Crippen LogP contribution is -2.31.